The Kier molecular flexibility index (Phi) is 7.41. The van der Waals surface area contributed by atoms with E-state index in [4.69, 9.17) is 4.74 Å². The molecule has 35 heavy (non-hydrogen) atoms. The number of nitrogens with one attached hydrogen (secondary N) is 3. The molecule has 0 saturated heterocycles. The molecule has 1 heterocycles. The molecular formula is C27H29N3O4S. The number of carbonyl (C=O) groups excluding carboxylic acids is 1. The number of anilines is 1. The van der Waals surface area contributed by atoms with Gasteiger partial charge in [-0.05, 0) is 53.9 Å². The van der Waals surface area contributed by atoms with Gasteiger partial charge in [0, 0.05) is 40.8 Å². The molecule has 0 spiro atoms. The van der Waals surface area contributed by atoms with Crippen LogP contribution < -0.4 is 14.8 Å². The van der Waals surface area contributed by atoms with Gasteiger partial charge in [0.05, 0.1) is 12.9 Å². The zero-order valence-electron chi connectivity index (χ0n) is 19.7. The maximum absolute atomic E-state index is 13.0. The standard InChI is InChI=1S/C27H29N3O4S/c1-3-15-35(32,33)30-21-8-6-7-20(16-21)27(31)29-17-24(19-11-13-22(34-2)14-12-19)25-18-28-26-10-5-4-9-23(25)26/h4-14,16,18,24,28,30H,3,15,17H2,1-2H3,(H,29,31). The molecule has 4 aromatic rings. The number of aromatic nitrogens is 1. The number of methoxy groups -OCH3 is 1. The monoisotopic (exact) mass is 491 g/mol. The number of amides is 1. The minimum absolute atomic E-state index is 0.0254. The Bertz CT molecular complexity index is 1410. The molecule has 182 valence electrons. The molecule has 0 aliphatic carbocycles. The molecule has 4 rings (SSSR count). The van der Waals surface area contributed by atoms with Gasteiger partial charge < -0.3 is 15.0 Å². The van der Waals surface area contributed by atoms with Crippen molar-refractivity contribution in [1.82, 2.24) is 10.3 Å². The highest BCUT2D eigenvalue weighted by atomic mass is 32.2. The van der Waals surface area contributed by atoms with Crippen molar-refractivity contribution in [3.05, 3.63) is 95.7 Å². The van der Waals surface area contributed by atoms with Gasteiger partial charge >= 0.3 is 0 Å². The van der Waals surface area contributed by atoms with Crippen molar-refractivity contribution < 1.29 is 17.9 Å². The van der Waals surface area contributed by atoms with Crippen LogP contribution in [-0.4, -0.2) is 38.7 Å². The fourth-order valence-corrected chi connectivity index (χ4v) is 5.27. The third kappa shape index (κ3) is 5.84. The molecule has 0 aliphatic heterocycles. The van der Waals surface area contributed by atoms with Crippen LogP contribution >= 0.6 is 0 Å². The lowest BCUT2D eigenvalue weighted by Gasteiger charge is -2.19. The smallest absolute Gasteiger partial charge is 0.251 e. The van der Waals surface area contributed by atoms with Gasteiger partial charge in [0.25, 0.3) is 5.91 Å². The van der Waals surface area contributed by atoms with Gasteiger partial charge in [-0.1, -0.05) is 43.3 Å². The van der Waals surface area contributed by atoms with E-state index in [0.29, 0.717) is 24.2 Å². The van der Waals surface area contributed by atoms with Crippen LogP contribution in [0.4, 0.5) is 5.69 Å². The third-order valence-corrected chi connectivity index (χ3v) is 7.34. The minimum atomic E-state index is -3.44. The van der Waals surface area contributed by atoms with Gasteiger partial charge in [0.15, 0.2) is 0 Å². The fourth-order valence-electron chi connectivity index (χ4n) is 4.15. The second-order valence-electron chi connectivity index (χ2n) is 8.33. The van der Waals surface area contributed by atoms with Gasteiger partial charge in [-0.3, -0.25) is 9.52 Å². The Hall–Kier alpha value is -3.78. The largest absolute Gasteiger partial charge is 0.497 e. The second kappa shape index (κ2) is 10.7. The Balaban J connectivity index is 1.57. The molecule has 0 radical (unpaired) electrons. The lowest BCUT2D eigenvalue weighted by Crippen LogP contribution is -2.29. The first-order chi connectivity index (χ1) is 16.9. The van der Waals surface area contributed by atoms with Crippen molar-refractivity contribution in [2.45, 2.75) is 19.3 Å². The summed E-state index contributed by atoms with van der Waals surface area (Å²) in [5.41, 5.74) is 3.90. The molecule has 1 atom stereocenters. The number of ether oxygens (including phenoxy) is 1. The second-order valence-corrected chi connectivity index (χ2v) is 10.2. The van der Waals surface area contributed by atoms with E-state index in [0.717, 1.165) is 27.8 Å². The number of hydrogen-bond donors (Lipinski definition) is 3. The van der Waals surface area contributed by atoms with Gasteiger partial charge in [0.1, 0.15) is 5.75 Å². The number of fused-ring (bicyclic) bond motifs is 1. The van der Waals surface area contributed by atoms with Crippen LogP contribution in [0.15, 0.2) is 79.0 Å². The highest BCUT2D eigenvalue weighted by Gasteiger charge is 2.20. The number of hydrogen-bond acceptors (Lipinski definition) is 4. The van der Waals surface area contributed by atoms with E-state index < -0.39 is 10.0 Å². The lowest BCUT2D eigenvalue weighted by atomic mass is 9.90. The molecule has 0 bridgehead atoms. The molecule has 1 amide bonds. The highest BCUT2D eigenvalue weighted by Crippen LogP contribution is 2.31. The number of sulfonamides is 1. The summed E-state index contributed by atoms with van der Waals surface area (Å²) >= 11 is 0. The lowest BCUT2D eigenvalue weighted by molar-refractivity contribution is 0.0952. The number of rotatable bonds is 10. The molecule has 8 heteroatoms. The Morgan fingerprint density at radius 3 is 2.54 bits per heavy atom. The van der Waals surface area contributed by atoms with E-state index >= 15 is 0 Å². The molecule has 7 nitrogen and oxygen atoms in total. The van der Waals surface area contributed by atoms with E-state index in [9.17, 15) is 13.2 Å². The predicted octanol–water partition coefficient (Wildman–Crippen LogP) is 4.89. The summed E-state index contributed by atoms with van der Waals surface area (Å²) in [6.07, 6.45) is 2.49. The molecular weight excluding hydrogens is 462 g/mol. The Morgan fingerprint density at radius 1 is 1.03 bits per heavy atom. The molecule has 1 aromatic heterocycles. The van der Waals surface area contributed by atoms with Gasteiger partial charge in [-0.25, -0.2) is 8.42 Å². The van der Waals surface area contributed by atoms with Gasteiger partial charge in [-0.2, -0.15) is 0 Å². The average molecular weight is 492 g/mol. The molecule has 1 unspecified atom stereocenters. The summed E-state index contributed by atoms with van der Waals surface area (Å²) in [6, 6.07) is 22.4. The quantitative estimate of drug-likeness (QED) is 0.294. The van der Waals surface area contributed by atoms with E-state index in [2.05, 4.69) is 21.1 Å². The Labute approximate surface area is 205 Å². The summed E-state index contributed by atoms with van der Waals surface area (Å²) in [5, 5.41) is 4.13. The molecule has 0 fully saturated rings. The van der Waals surface area contributed by atoms with Crippen molar-refractivity contribution in [2.24, 2.45) is 0 Å². The summed E-state index contributed by atoms with van der Waals surface area (Å²) < 4.78 is 32.1. The van der Waals surface area contributed by atoms with Crippen molar-refractivity contribution in [1.29, 1.82) is 0 Å². The molecule has 0 saturated carbocycles. The van der Waals surface area contributed by atoms with Gasteiger partial charge in [0.2, 0.25) is 10.0 Å². The first kappa shape index (κ1) is 24.3. The minimum Gasteiger partial charge on any atom is -0.497 e. The van der Waals surface area contributed by atoms with E-state index in [-0.39, 0.29) is 17.6 Å². The normalized spacial score (nSPS) is 12.3. The number of H-pyrrole nitrogens is 1. The first-order valence-corrected chi connectivity index (χ1v) is 13.1. The number of para-hydroxylation sites is 1. The van der Waals surface area contributed by atoms with Gasteiger partial charge in [-0.15, -0.1) is 0 Å². The average Bonchev–Trinajstić information content (AvgIpc) is 3.28. The summed E-state index contributed by atoms with van der Waals surface area (Å²) in [6.45, 7) is 2.16. The third-order valence-electron chi connectivity index (χ3n) is 5.85. The summed E-state index contributed by atoms with van der Waals surface area (Å²) in [5.74, 6) is 0.405. The van der Waals surface area contributed by atoms with E-state index in [1.165, 1.54) is 0 Å². The van der Waals surface area contributed by atoms with Crippen LogP contribution in [0.1, 0.15) is 40.7 Å². The number of carbonyl (C=O) groups is 1. The number of aromatic amines is 1. The topological polar surface area (TPSA) is 100 Å². The zero-order valence-corrected chi connectivity index (χ0v) is 20.6. The first-order valence-electron chi connectivity index (χ1n) is 11.5. The van der Waals surface area contributed by atoms with Crippen molar-refractivity contribution in [2.75, 3.05) is 24.1 Å². The fraction of sp³-hybridized carbons (Fsp3) is 0.222. The van der Waals surface area contributed by atoms with Crippen molar-refractivity contribution in [3.8, 4) is 5.75 Å². The van der Waals surface area contributed by atoms with Crippen LogP contribution in [0.5, 0.6) is 5.75 Å². The van der Waals surface area contributed by atoms with Crippen molar-refractivity contribution in [3.63, 3.8) is 0 Å². The predicted molar refractivity (Wildman–Crippen MR) is 140 cm³/mol. The van der Waals surface area contributed by atoms with Crippen LogP contribution in [0.25, 0.3) is 10.9 Å². The SMILES string of the molecule is CCCS(=O)(=O)Nc1cccc(C(=O)NCC(c2ccc(OC)cc2)c2c[nH]c3ccccc23)c1. The zero-order chi connectivity index (χ0) is 24.8. The number of benzene rings is 3. The highest BCUT2D eigenvalue weighted by molar-refractivity contribution is 7.92. The van der Waals surface area contributed by atoms with Crippen LogP contribution in [0.2, 0.25) is 0 Å². The molecule has 3 aromatic carbocycles. The summed E-state index contributed by atoms with van der Waals surface area (Å²) in [7, 11) is -1.81. The molecule has 0 aliphatic rings. The van der Waals surface area contributed by atoms with E-state index in [1.807, 2.05) is 48.7 Å². The maximum Gasteiger partial charge on any atom is 0.251 e. The molecule has 3 N–H and O–H groups in total. The van der Waals surface area contributed by atoms with E-state index in [1.54, 1.807) is 38.3 Å². The summed E-state index contributed by atoms with van der Waals surface area (Å²) in [4.78, 5) is 16.4. The van der Waals surface area contributed by atoms with Crippen LogP contribution in [0, 0.1) is 0 Å². The van der Waals surface area contributed by atoms with Crippen LogP contribution in [-0.2, 0) is 10.0 Å². The van der Waals surface area contributed by atoms with Crippen molar-refractivity contribution >= 4 is 32.5 Å². The van der Waals surface area contributed by atoms with Crippen LogP contribution in [0.3, 0.4) is 0 Å². The maximum atomic E-state index is 13.0. The Morgan fingerprint density at radius 2 is 1.80 bits per heavy atom.